The molecule has 0 heterocycles. The summed E-state index contributed by atoms with van der Waals surface area (Å²) in [5.41, 5.74) is 6.27. The van der Waals surface area contributed by atoms with Crippen LogP contribution >= 0.6 is 23.2 Å². The topological polar surface area (TPSA) is 55.1 Å². The molecular formula is C12H16Cl2N2O. The smallest absolute Gasteiger partial charge is 0.224 e. The number of carbonyl (C=O) groups is 1. The Balaban J connectivity index is 2.76. The van der Waals surface area contributed by atoms with E-state index < -0.39 is 0 Å². The van der Waals surface area contributed by atoms with E-state index in [1.165, 1.54) is 0 Å². The van der Waals surface area contributed by atoms with E-state index >= 15 is 0 Å². The molecule has 0 aliphatic rings. The fourth-order valence-electron chi connectivity index (χ4n) is 1.39. The lowest BCUT2D eigenvalue weighted by atomic mass is 10.1. The zero-order chi connectivity index (χ0) is 13.0. The molecule has 1 aromatic rings. The second-order valence-electron chi connectivity index (χ2n) is 4.03. The van der Waals surface area contributed by atoms with Gasteiger partial charge in [-0.1, -0.05) is 36.2 Å². The van der Waals surface area contributed by atoms with Crippen LogP contribution in [0.4, 0.5) is 0 Å². The molecule has 0 saturated carbocycles. The van der Waals surface area contributed by atoms with E-state index in [2.05, 4.69) is 5.32 Å². The van der Waals surface area contributed by atoms with Crippen molar-refractivity contribution in [2.75, 3.05) is 6.54 Å². The highest BCUT2D eigenvalue weighted by molar-refractivity contribution is 6.35. The Morgan fingerprint density at radius 3 is 2.59 bits per heavy atom. The minimum atomic E-state index is -0.205. The van der Waals surface area contributed by atoms with Crippen LogP contribution in [0, 0.1) is 5.92 Å². The molecule has 3 nitrogen and oxygen atoms in total. The summed E-state index contributed by atoms with van der Waals surface area (Å²) in [5, 5.41) is 3.98. The van der Waals surface area contributed by atoms with E-state index in [4.69, 9.17) is 28.9 Å². The van der Waals surface area contributed by atoms with E-state index in [0.717, 1.165) is 5.56 Å². The highest BCUT2D eigenvalue weighted by Gasteiger charge is 2.16. The first-order valence-corrected chi connectivity index (χ1v) is 6.16. The summed E-state index contributed by atoms with van der Waals surface area (Å²) in [7, 11) is 0. The average Bonchev–Trinajstić information content (AvgIpc) is 2.27. The lowest BCUT2D eigenvalue weighted by Gasteiger charge is -2.18. The fourth-order valence-corrected chi connectivity index (χ4v) is 1.97. The van der Waals surface area contributed by atoms with Gasteiger partial charge < -0.3 is 11.1 Å². The minimum absolute atomic E-state index is 0.0778. The van der Waals surface area contributed by atoms with Gasteiger partial charge in [0.05, 0.1) is 6.04 Å². The number of carbonyl (C=O) groups excluding carboxylic acids is 1. The number of hydrogen-bond acceptors (Lipinski definition) is 2. The SMILES string of the molecule is CC(CN)C(=O)NC(C)c1ccc(Cl)cc1Cl. The number of hydrogen-bond donors (Lipinski definition) is 2. The molecule has 1 aromatic carbocycles. The van der Waals surface area contributed by atoms with E-state index in [1.54, 1.807) is 19.1 Å². The van der Waals surface area contributed by atoms with Crippen LogP contribution in [-0.4, -0.2) is 12.5 Å². The maximum absolute atomic E-state index is 11.7. The van der Waals surface area contributed by atoms with Crippen LogP contribution in [0.1, 0.15) is 25.5 Å². The van der Waals surface area contributed by atoms with Crippen molar-refractivity contribution in [3.63, 3.8) is 0 Å². The first-order valence-electron chi connectivity index (χ1n) is 5.41. The molecule has 0 aliphatic heterocycles. The molecule has 0 aliphatic carbocycles. The minimum Gasteiger partial charge on any atom is -0.349 e. The van der Waals surface area contributed by atoms with Gasteiger partial charge >= 0.3 is 0 Å². The van der Waals surface area contributed by atoms with Gasteiger partial charge in [0, 0.05) is 22.5 Å². The molecule has 2 atom stereocenters. The van der Waals surface area contributed by atoms with Gasteiger partial charge in [-0.2, -0.15) is 0 Å². The molecule has 0 spiro atoms. The third-order valence-corrected chi connectivity index (χ3v) is 3.15. The number of benzene rings is 1. The molecule has 3 N–H and O–H groups in total. The van der Waals surface area contributed by atoms with Gasteiger partial charge in [0.1, 0.15) is 0 Å². The number of nitrogens with one attached hydrogen (secondary N) is 1. The highest BCUT2D eigenvalue weighted by Crippen LogP contribution is 2.26. The van der Waals surface area contributed by atoms with Gasteiger partial charge in [0.25, 0.3) is 0 Å². The molecule has 1 amide bonds. The van der Waals surface area contributed by atoms with Crippen molar-refractivity contribution < 1.29 is 4.79 Å². The van der Waals surface area contributed by atoms with Crippen molar-refractivity contribution in [3.05, 3.63) is 33.8 Å². The van der Waals surface area contributed by atoms with Crippen LogP contribution in [0.2, 0.25) is 10.0 Å². The van der Waals surface area contributed by atoms with Gasteiger partial charge in [0.15, 0.2) is 0 Å². The van der Waals surface area contributed by atoms with E-state index in [9.17, 15) is 4.79 Å². The zero-order valence-corrected chi connectivity index (χ0v) is 11.3. The summed E-state index contributed by atoms with van der Waals surface area (Å²) in [6.07, 6.45) is 0. The second-order valence-corrected chi connectivity index (χ2v) is 4.88. The van der Waals surface area contributed by atoms with Crippen molar-refractivity contribution in [1.82, 2.24) is 5.32 Å². The maximum Gasteiger partial charge on any atom is 0.224 e. The van der Waals surface area contributed by atoms with Crippen LogP contribution in [0.25, 0.3) is 0 Å². The Morgan fingerprint density at radius 1 is 1.41 bits per heavy atom. The third-order valence-electron chi connectivity index (χ3n) is 2.59. The molecule has 17 heavy (non-hydrogen) atoms. The molecule has 5 heteroatoms. The second kappa shape index (κ2) is 6.24. The van der Waals surface area contributed by atoms with Crippen LogP contribution < -0.4 is 11.1 Å². The first-order chi connectivity index (χ1) is 7.95. The maximum atomic E-state index is 11.7. The van der Waals surface area contributed by atoms with Crippen molar-refractivity contribution in [2.45, 2.75) is 19.9 Å². The Labute approximate surface area is 111 Å². The molecule has 0 bridgehead atoms. The lowest BCUT2D eigenvalue weighted by Crippen LogP contribution is -2.35. The lowest BCUT2D eigenvalue weighted by molar-refractivity contribution is -0.124. The monoisotopic (exact) mass is 274 g/mol. The number of rotatable bonds is 4. The Hall–Kier alpha value is -0.770. The molecule has 0 radical (unpaired) electrons. The molecule has 0 saturated heterocycles. The van der Waals surface area contributed by atoms with Crippen LogP contribution in [-0.2, 0) is 4.79 Å². The van der Waals surface area contributed by atoms with E-state index in [1.807, 2.05) is 13.0 Å². The van der Waals surface area contributed by atoms with Crippen LogP contribution in [0.15, 0.2) is 18.2 Å². The normalized spacial score (nSPS) is 14.2. The number of halogens is 2. The Morgan fingerprint density at radius 2 is 2.06 bits per heavy atom. The van der Waals surface area contributed by atoms with Crippen molar-refractivity contribution in [1.29, 1.82) is 0 Å². The first kappa shape index (κ1) is 14.3. The molecule has 2 unspecified atom stereocenters. The summed E-state index contributed by atoms with van der Waals surface area (Å²) in [6, 6.07) is 5.05. The summed E-state index contributed by atoms with van der Waals surface area (Å²) < 4.78 is 0. The van der Waals surface area contributed by atoms with Gasteiger partial charge in [-0.05, 0) is 24.6 Å². The predicted molar refractivity (Wildman–Crippen MR) is 71.2 cm³/mol. The Bertz CT molecular complexity index is 409. The molecule has 0 aromatic heterocycles. The average molecular weight is 275 g/mol. The van der Waals surface area contributed by atoms with Crippen LogP contribution in [0.5, 0.6) is 0 Å². The van der Waals surface area contributed by atoms with Crippen molar-refractivity contribution in [3.8, 4) is 0 Å². The van der Waals surface area contributed by atoms with Crippen LogP contribution in [0.3, 0.4) is 0 Å². The predicted octanol–water partition coefficient (Wildman–Crippen LogP) is 2.77. The van der Waals surface area contributed by atoms with Gasteiger partial charge in [-0.25, -0.2) is 0 Å². The molecule has 1 rings (SSSR count). The summed E-state index contributed by atoms with van der Waals surface area (Å²) in [6.45, 7) is 3.98. The molecule has 0 fully saturated rings. The van der Waals surface area contributed by atoms with Crippen molar-refractivity contribution >= 4 is 29.1 Å². The fraction of sp³-hybridized carbons (Fsp3) is 0.417. The summed E-state index contributed by atoms with van der Waals surface area (Å²) >= 11 is 11.9. The number of nitrogens with two attached hydrogens (primary N) is 1. The third kappa shape index (κ3) is 3.87. The number of amides is 1. The van der Waals surface area contributed by atoms with Gasteiger partial charge in [-0.3, -0.25) is 4.79 Å². The summed E-state index contributed by atoms with van der Waals surface area (Å²) in [5.74, 6) is -0.283. The highest BCUT2D eigenvalue weighted by atomic mass is 35.5. The quantitative estimate of drug-likeness (QED) is 0.887. The Kier molecular flexibility index (Phi) is 5.25. The molecule has 94 valence electrons. The van der Waals surface area contributed by atoms with Gasteiger partial charge in [0.2, 0.25) is 5.91 Å². The van der Waals surface area contributed by atoms with Crippen molar-refractivity contribution in [2.24, 2.45) is 11.7 Å². The van der Waals surface area contributed by atoms with E-state index in [-0.39, 0.29) is 17.9 Å². The zero-order valence-electron chi connectivity index (χ0n) is 9.84. The largest absolute Gasteiger partial charge is 0.349 e. The van der Waals surface area contributed by atoms with Gasteiger partial charge in [-0.15, -0.1) is 0 Å². The summed E-state index contributed by atoms with van der Waals surface area (Å²) in [4.78, 5) is 11.7. The van der Waals surface area contributed by atoms with E-state index in [0.29, 0.717) is 16.6 Å². The standard InChI is InChI=1S/C12H16Cl2N2O/c1-7(6-15)12(17)16-8(2)10-4-3-9(13)5-11(10)14/h3-5,7-8H,6,15H2,1-2H3,(H,16,17). The molecular weight excluding hydrogens is 259 g/mol.